The first-order chi connectivity index (χ1) is 7.83. The van der Waals surface area contributed by atoms with Crippen molar-refractivity contribution < 1.29 is 0 Å². The van der Waals surface area contributed by atoms with Crippen LogP contribution < -0.4 is 5.32 Å². The van der Waals surface area contributed by atoms with Crippen LogP contribution in [0.15, 0.2) is 17.6 Å². The van der Waals surface area contributed by atoms with Crippen molar-refractivity contribution in [2.45, 2.75) is 26.3 Å². The highest BCUT2D eigenvalue weighted by Crippen LogP contribution is 2.26. The first-order valence-electron chi connectivity index (χ1n) is 5.46. The van der Waals surface area contributed by atoms with Crippen molar-refractivity contribution in [3.63, 3.8) is 0 Å². The van der Waals surface area contributed by atoms with Crippen molar-refractivity contribution in [2.24, 2.45) is 0 Å². The molecule has 2 aromatic rings. The topological polar surface area (TPSA) is 53.6 Å². The second-order valence-corrected chi connectivity index (χ2v) is 4.83. The standard InChI is InChI=1S/C11H16N4S/c1-3-5-12-11(10-7-13-15-14-10)9-4-6-16-8(9)2/h4,6-7,11-12H,3,5H2,1-2H3,(H,13,14,15). The summed E-state index contributed by atoms with van der Waals surface area (Å²) < 4.78 is 0. The molecule has 16 heavy (non-hydrogen) atoms. The zero-order valence-corrected chi connectivity index (χ0v) is 10.3. The van der Waals surface area contributed by atoms with Gasteiger partial charge in [-0.05, 0) is 36.9 Å². The third-order valence-corrected chi connectivity index (χ3v) is 3.40. The Balaban J connectivity index is 2.25. The van der Waals surface area contributed by atoms with Gasteiger partial charge in [0.2, 0.25) is 0 Å². The molecule has 0 aromatic carbocycles. The summed E-state index contributed by atoms with van der Waals surface area (Å²) in [5.41, 5.74) is 2.25. The van der Waals surface area contributed by atoms with Crippen molar-refractivity contribution in [1.29, 1.82) is 0 Å². The summed E-state index contributed by atoms with van der Waals surface area (Å²) in [5.74, 6) is 0. The van der Waals surface area contributed by atoms with E-state index in [1.54, 1.807) is 17.5 Å². The predicted octanol–water partition coefficient (Wildman–Crippen LogP) is 2.26. The van der Waals surface area contributed by atoms with Crippen LogP contribution >= 0.6 is 11.3 Å². The van der Waals surface area contributed by atoms with Crippen LogP contribution in [0.1, 0.15) is 35.5 Å². The van der Waals surface area contributed by atoms with Crippen LogP contribution in [0.3, 0.4) is 0 Å². The number of aromatic amines is 1. The predicted molar refractivity (Wildman–Crippen MR) is 65.6 cm³/mol. The van der Waals surface area contributed by atoms with Gasteiger partial charge in [-0.25, -0.2) is 0 Å². The highest BCUT2D eigenvalue weighted by atomic mass is 32.1. The van der Waals surface area contributed by atoms with Crippen LogP contribution in [0.2, 0.25) is 0 Å². The molecule has 2 aromatic heterocycles. The quantitative estimate of drug-likeness (QED) is 0.837. The molecule has 0 aliphatic heterocycles. The minimum atomic E-state index is 0.157. The number of hydrogen-bond donors (Lipinski definition) is 2. The number of hydrogen-bond acceptors (Lipinski definition) is 4. The Hall–Kier alpha value is -1.20. The van der Waals surface area contributed by atoms with Crippen LogP contribution in [0.5, 0.6) is 0 Å². The lowest BCUT2D eigenvalue weighted by molar-refractivity contribution is 0.584. The number of aryl methyl sites for hydroxylation is 1. The third-order valence-electron chi connectivity index (χ3n) is 2.54. The van der Waals surface area contributed by atoms with Gasteiger partial charge < -0.3 is 5.32 Å². The Labute approximate surface area is 99.1 Å². The summed E-state index contributed by atoms with van der Waals surface area (Å²) in [5, 5.41) is 16.3. The SMILES string of the molecule is CCCNC(c1cn[nH]n1)c1ccsc1C. The van der Waals surface area contributed by atoms with Crippen LogP contribution in [-0.2, 0) is 0 Å². The van der Waals surface area contributed by atoms with E-state index in [-0.39, 0.29) is 6.04 Å². The number of rotatable bonds is 5. The molecular formula is C11H16N4S. The summed E-state index contributed by atoms with van der Waals surface area (Å²) in [6.45, 7) is 5.28. The maximum absolute atomic E-state index is 4.17. The number of aromatic nitrogens is 3. The fourth-order valence-electron chi connectivity index (χ4n) is 1.71. The molecule has 0 saturated carbocycles. The van der Waals surface area contributed by atoms with E-state index in [1.807, 2.05) is 0 Å². The lowest BCUT2D eigenvalue weighted by atomic mass is 10.1. The Morgan fingerprint density at radius 3 is 3.00 bits per heavy atom. The first-order valence-corrected chi connectivity index (χ1v) is 6.34. The van der Waals surface area contributed by atoms with Gasteiger partial charge in [0.1, 0.15) is 5.69 Å². The molecule has 86 valence electrons. The molecule has 2 heterocycles. The maximum atomic E-state index is 4.17. The zero-order chi connectivity index (χ0) is 11.4. The molecule has 0 radical (unpaired) electrons. The largest absolute Gasteiger partial charge is 0.305 e. The smallest absolute Gasteiger partial charge is 0.104 e. The van der Waals surface area contributed by atoms with Gasteiger partial charge in [0.25, 0.3) is 0 Å². The van der Waals surface area contributed by atoms with Gasteiger partial charge in [0, 0.05) is 4.88 Å². The van der Waals surface area contributed by atoms with E-state index in [0.29, 0.717) is 0 Å². The van der Waals surface area contributed by atoms with Crippen molar-refractivity contribution in [3.05, 3.63) is 33.8 Å². The monoisotopic (exact) mass is 236 g/mol. The highest BCUT2D eigenvalue weighted by molar-refractivity contribution is 7.10. The van der Waals surface area contributed by atoms with E-state index < -0.39 is 0 Å². The van der Waals surface area contributed by atoms with E-state index >= 15 is 0 Å². The molecule has 1 atom stereocenters. The van der Waals surface area contributed by atoms with Crippen LogP contribution in [-0.4, -0.2) is 22.0 Å². The van der Waals surface area contributed by atoms with E-state index in [0.717, 1.165) is 18.7 Å². The number of H-pyrrole nitrogens is 1. The normalized spacial score (nSPS) is 12.9. The fraction of sp³-hybridized carbons (Fsp3) is 0.455. The molecule has 1 unspecified atom stereocenters. The summed E-state index contributed by atoms with van der Waals surface area (Å²) in [6, 6.07) is 2.31. The van der Waals surface area contributed by atoms with Crippen molar-refractivity contribution >= 4 is 11.3 Å². The Bertz CT molecular complexity index is 421. The zero-order valence-electron chi connectivity index (χ0n) is 9.53. The Morgan fingerprint density at radius 2 is 2.44 bits per heavy atom. The summed E-state index contributed by atoms with van der Waals surface area (Å²) in [6.07, 6.45) is 2.89. The summed E-state index contributed by atoms with van der Waals surface area (Å²) in [7, 11) is 0. The van der Waals surface area contributed by atoms with E-state index in [9.17, 15) is 0 Å². The molecule has 0 amide bonds. The van der Waals surface area contributed by atoms with Gasteiger partial charge in [-0.3, -0.25) is 0 Å². The molecule has 2 N–H and O–H groups in total. The third kappa shape index (κ3) is 2.31. The lowest BCUT2D eigenvalue weighted by Crippen LogP contribution is -2.23. The average Bonchev–Trinajstić information content (AvgIpc) is 2.91. The molecule has 0 fully saturated rings. The van der Waals surface area contributed by atoms with Crippen LogP contribution in [0, 0.1) is 6.92 Å². The van der Waals surface area contributed by atoms with Gasteiger partial charge in [-0.1, -0.05) is 6.92 Å². The van der Waals surface area contributed by atoms with Crippen molar-refractivity contribution in [2.75, 3.05) is 6.54 Å². The van der Waals surface area contributed by atoms with Crippen LogP contribution in [0.4, 0.5) is 0 Å². The minimum absolute atomic E-state index is 0.157. The van der Waals surface area contributed by atoms with Gasteiger partial charge in [-0.2, -0.15) is 15.4 Å². The van der Waals surface area contributed by atoms with E-state index in [2.05, 4.69) is 46.0 Å². The summed E-state index contributed by atoms with van der Waals surface area (Å²) >= 11 is 1.77. The van der Waals surface area contributed by atoms with E-state index in [4.69, 9.17) is 0 Å². The number of nitrogens with zero attached hydrogens (tertiary/aromatic N) is 2. The van der Waals surface area contributed by atoms with Crippen LogP contribution in [0.25, 0.3) is 0 Å². The van der Waals surface area contributed by atoms with Gasteiger partial charge in [-0.15, -0.1) is 11.3 Å². The van der Waals surface area contributed by atoms with E-state index in [1.165, 1.54) is 10.4 Å². The highest BCUT2D eigenvalue weighted by Gasteiger charge is 2.18. The molecule has 0 spiro atoms. The van der Waals surface area contributed by atoms with Gasteiger partial charge in [0.05, 0.1) is 12.2 Å². The molecule has 4 nitrogen and oxygen atoms in total. The fourth-order valence-corrected chi connectivity index (χ4v) is 2.45. The molecule has 0 saturated heterocycles. The Kier molecular flexibility index (Phi) is 3.69. The summed E-state index contributed by atoms with van der Waals surface area (Å²) in [4.78, 5) is 1.33. The van der Waals surface area contributed by atoms with Crippen molar-refractivity contribution in [1.82, 2.24) is 20.7 Å². The second kappa shape index (κ2) is 5.23. The molecule has 0 aliphatic carbocycles. The molecule has 2 rings (SSSR count). The molecule has 0 bridgehead atoms. The average molecular weight is 236 g/mol. The molecular weight excluding hydrogens is 220 g/mol. The lowest BCUT2D eigenvalue weighted by Gasteiger charge is -2.15. The molecule has 5 heteroatoms. The van der Waals surface area contributed by atoms with Gasteiger partial charge >= 0.3 is 0 Å². The minimum Gasteiger partial charge on any atom is -0.305 e. The maximum Gasteiger partial charge on any atom is 0.104 e. The number of nitrogens with one attached hydrogen (secondary N) is 2. The Morgan fingerprint density at radius 1 is 1.56 bits per heavy atom. The first kappa shape index (κ1) is 11.3. The number of thiophene rings is 1. The van der Waals surface area contributed by atoms with Crippen molar-refractivity contribution in [3.8, 4) is 0 Å². The second-order valence-electron chi connectivity index (χ2n) is 3.71. The van der Waals surface area contributed by atoms with Gasteiger partial charge in [0.15, 0.2) is 0 Å². The molecule has 0 aliphatic rings.